The highest BCUT2D eigenvalue weighted by Gasteiger charge is 2.48. The molecule has 2 aliphatic heterocycles. The highest BCUT2D eigenvalue weighted by molar-refractivity contribution is 5.68. The molecule has 1 unspecified atom stereocenters. The standard InChI is InChI=1S/C20H32FN7.C4H8O/c1-15(22)12-28(23)18-9-16(21)11-24-19(18)27-7-5-26(6-8-27)17-3-4-20(10-17)13-25(2)14-20;1-3-5-4-2/h9,11-12,17H,3-8,10,13-14,22-23H2,1-2H3;3H,1,4H2,2H3/b15-12-;. The van der Waals surface area contributed by atoms with Crippen LogP contribution in [0.5, 0.6) is 0 Å². The summed E-state index contributed by atoms with van der Waals surface area (Å²) in [5.41, 5.74) is 7.40. The first kappa shape index (κ1) is 25.3. The summed E-state index contributed by atoms with van der Waals surface area (Å²) in [4.78, 5) is 11.6. The molecule has 0 amide bonds. The van der Waals surface area contributed by atoms with Gasteiger partial charge in [0.25, 0.3) is 0 Å². The fourth-order valence-corrected chi connectivity index (χ4v) is 5.44. The number of likely N-dealkylation sites (tertiary alicyclic amines) is 1. The Kier molecular flexibility index (Phi) is 8.56. The molecule has 1 aliphatic carbocycles. The molecule has 1 aromatic heterocycles. The van der Waals surface area contributed by atoms with Gasteiger partial charge in [0.05, 0.1) is 19.1 Å². The predicted octanol–water partition coefficient (Wildman–Crippen LogP) is 2.49. The smallest absolute Gasteiger partial charge is 0.154 e. The summed E-state index contributed by atoms with van der Waals surface area (Å²) in [6.45, 7) is 14.0. The van der Waals surface area contributed by atoms with E-state index in [4.69, 9.17) is 11.6 Å². The number of hydrogen-bond acceptors (Lipinski definition) is 8. The number of nitrogens with zero attached hydrogens (tertiary/aromatic N) is 5. The monoisotopic (exact) mass is 461 g/mol. The average Bonchev–Trinajstić information content (AvgIpc) is 3.19. The van der Waals surface area contributed by atoms with Crippen molar-refractivity contribution in [3.05, 3.63) is 42.8 Å². The van der Waals surface area contributed by atoms with Gasteiger partial charge in [0.1, 0.15) is 11.5 Å². The van der Waals surface area contributed by atoms with Gasteiger partial charge in [-0.25, -0.2) is 15.2 Å². The van der Waals surface area contributed by atoms with E-state index in [0.717, 1.165) is 32.8 Å². The lowest BCUT2D eigenvalue weighted by Gasteiger charge is -2.47. The molecule has 3 fully saturated rings. The lowest BCUT2D eigenvalue weighted by Crippen LogP contribution is -2.54. The van der Waals surface area contributed by atoms with E-state index in [0.29, 0.717) is 28.7 Å². The number of nitrogens with two attached hydrogens (primary N) is 2. The van der Waals surface area contributed by atoms with Gasteiger partial charge in [-0.1, -0.05) is 6.58 Å². The molecule has 9 heteroatoms. The van der Waals surface area contributed by atoms with Crippen molar-refractivity contribution in [2.75, 3.05) is 62.8 Å². The maximum absolute atomic E-state index is 13.8. The molecule has 1 aromatic rings. The van der Waals surface area contributed by atoms with Gasteiger partial charge in [-0.2, -0.15) is 0 Å². The topological polar surface area (TPSA) is 87.1 Å². The number of anilines is 2. The van der Waals surface area contributed by atoms with Crippen molar-refractivity contribution in [3.8, 4) is 0 Å². The summed E-state index contributed by atoms with van der Waals surface area (Å²) in [5.74, 6) is 6.40. The fourth-order valence-electron chi connectivity index (χ4n) is 5.44. The number of aromatic nitrogens is 1. The van der Waals surface area contributed by atoms with Gasteiger partial charge in [-0.05, 0) is 45.6 Å². The van der Waals surface area contributed by atoms with Crippen LogP contribution < -0.4 is 21.5 Å². The molecule has 4 rings (SSSR count). The molecular formula is C24H40FN7O. The Bertz CT molecular complexity index is 815. The van der Waals surface area contributed by atoms with Gasteiger partial charge in [-0.3, -0.25) is 9.91 Å². The lowest BCUT2D eigenvalue weighted by atomic mass is 9.78. The molecule has 8 nitrogen and oxygen atoms in total. The second-order valence-electron chi connectivity index (χ2n) is 9.49. The van der Waals surface area contributed by atoms with Crippen LogP contribution in [0.15, 0.2) is 37.0 Å². The molecule has 2 saturated heterocycles. The van der Waals surface area contributed by atoms with Crippen molar-refractivity contribution in [1.82, 2.24) is 14.8 Å². The Morgan fingerprint density at radius 2 is 2.06 bits per heavy atom. The number of hydrazine groups is 1. The minimum atomic E-state index is -0.405. The number of ether oxygens (including phenoxy) is 1. The normalized spacial score (nSPS) is 23.0. The summed E-state index contributed by atoms with van der Waals surface area (Å²) in [6.07, 6.45) is 8.27. The molecule has 0 bridgehead atoms. The van der Waals surface area contributed by atoms with Crippen LogP contribution in [0.25, 0.3) is 0 Å². The number of pyridine rings is 1. The second-order valence-corrected chi connectivity index (χ2v) is 9.49. The average molecular weight is 462 g/mol. The van der Waals surface area contributed by atoms with E-state index in [2.05, 4.69) is 38.0 Å². The third-order valence-corrected chi connectivity index (χ3v) is 6.74. The van der Waals surface area contributed by atoms with Crippen LogP contribution in [0.4, 0.5) is 15.9 Å². The number of halogens is 1. The highest BCUT2D eigenvalue weighted by atomic mass is 19.1. The van der Waals surface area contributed by atoms with Crippen molar-refractivity contribution in [2.45, 2.75) is 39.2 Å². The molecule has 1 spiro atoms. The summed E-state index contributed by atoms with van der Waals surface area (Å²) < 4.78 is 18.4. The number of hydrogen-bond donors (Lipinski definition) is 2. The van der Waals surface area contributed by atoms with Crippen molar-refractivity contribution >= 4 is 11.5 Å². The maximum atomic E-state index is 13.8. The first-order chi connectivity index (χ1) is 15.8. The van der Waals surface area contributed by atoms with E-state index in [-0.39, 0.29) is 0 Å². The van der Waals surface area contributed by atoms with Gasteiger partial charge in [-0.15, -0.1) is 0 Å². The number of rotatable bonds is 6. The largest absolute Gasteiger partial charge is 0.502 e. The third-order valence-electron chi connectivity index (χ3n) is 6.74. The van der Waals surface area contributed by atoms with Crippen LogP contribution in [-0.2, 0) is 4.74 Å². The van der Waals surface area contributed by atoms with E-state index in [9.17, 15) is 4.39 Å². The van der Waals surface area contributed by atoms with Crippen LogP contribution in [0, 0.1) is 11.2 Å². The van der Waals surface area contributed by atoms with Crippen LogP contribution in [-0.4, -0.2) is 73.7 Å². The Balaban J connectivity index is 0.000000555. The molecule has 1 saturated carbocycles. The molecule has 3 heterocycles. The van der Waals surface area contributed by atoms with Crippen LogP contribution in [0.2, 0.25) is 0 Å². The maximum Gasteiger partial charge on any atom is 0.154 e. The zero-order valence-corrected chi connectivity index (χ0v) is 20.3. The van der Waals surface area contributed by atoms with Crippen LogP contribution >= 0.6 is 0 Å². The van der Waals surface area contributed by atoms with Crippen LogP contribution in [0.1, 0.15) is 33.1 Å². The number of allylic oxidation sites excluding steroid dienone is 1. The summed E-state index contributed by atoms with van der Waals surface area (Å²) in [5, 5.41) is 1.36. The number of piperazine rings is 1. The Hall–Kier alpha value is -2.36. The second kappa shape index (κ2) is 11.2. The van der Waals surface area contributed by atoms with E-state index in [1.807, 2.05) is 6.92 Å². The van der Waals surface area contributed by atoms with Gasteiger partial charge >= 0.3 is 0 Å². The van der Waals surface area contributed by atoms with Crippen molar-refractivity contribution in [1.29, 1.82) is 0 Å². The lowest BCUT2D eigenvalue weighted by molar-refractivity contribution is 0.0204. The minimum absolute atomic E-state index is 0.405. The molecular weight excluding hydrogens is 421 g/mol. The summed E-state index contributed by atoms with van der Waals surface area (Å²) in [7, 11) is 2.21. The van der Waals surface area contributed by atoms with E-state index < -0.39 is 5.82 Å². The Morgan fingerprint density at radius 3 is 2.61 bits per heavy atom. The van der Waals surface area contributed by atoms with Crippen molar-refractivity contribution < 1.29 is 9.13 Å². The van der Waals surface area contributed by atoms with Crippen molar-refractivity contribution in [2.24, 2.45) is 17.0 Å². The van der Waals surface area contributed by atoms with Gasteiger partial charge in [0, 0.05) is 63.3 Å². The summed E-state index contributed by atoms with van der Waals surface area (Å²) >= 11 is 0. The van der Waals surface area contributed by atoms with E-state index >= 15 is 0 Å². The SMILES string of the molecule is C/C(N)=C/N(N)c1cc(F)cnc1N1CCN(C2CCC3(C2)CN(C)C3)CC1.C=COCC. The molecule has 1 atom stereocenters. The first-order valence-electron chi connectivity index (χ1n) is 11.8. The molecule has 0 aromatic carbocycles. The summed E-state index contributed by atoms with van der Waals surface area (Å²) in [6, 6.07) is 2.12. The molecule has 33 heavy (non-hydrogen) atoms. The Morgan fingerprint density at radius 1 is 1.36 bits per heavy atom. The predicted molar refractivity (Wildman–Crippen MR) is 132 cm³/mol. The zero-order valence-electron chi connectivity index (χ0n) is 20.3. The Labute approximate surface area is 197 Å². The van der Waals surface area contributed by atoms with Crippen molar-refractivity contribution in [3.63, 3.8) is 0 Å². The van der Waals surface area contributed by atoms with E-state index in [1.165, 1.54) is 55.9 Å². The molecule has 184 valence electrons. The van der Waals surface area contributed by atoms with E-state index in [1.54, 1.807) is 13.1 Å². The minimum Gasteiger partial charge on any atom is -0.502 e. The molecule has 3 aliphatic rings. The fraction of sp³-hybridized carbons (Fsp3) is 0.625. The first-order valence-corrected chi connectivity index (χ1v) is 11.8. The quantitative estimate of drug-likeness (QED) is 0.380. The third kappa shape index (κ3) is 6.37. The highest BCUT2D eigenvalue weighted by Crippen LogP contribution is 2.46. The zero-order chi connectivity index (χ0) is 24.0. The van der Waals surface area contributed by atoms with Gasteiger partial charge < -0.3 is 20.3 Å². The molecule has 4 N–H and O–H groups in total. The molecule has 0 radical (unpaired) electrons. The van der Waals surface area contributed by atoms with Crippen LogP contribution in [0.3, 0.4) is 0 Å². The van der Waals surface area contributed by atoms with Gasteiger partial charge in [0.15, 0.2) is 5.82 Å². The van der Waals surface area contributed by atoms with Gasteiger partial charge in [0.2, 0.25) is 0 Å².